The summed E-state index contributed by atoms with van der Waals surface area (Å²) >= 11 is 0. The van der Waals surface area contributed by atoms with Crippen LogP contribution in [0.1, 0.15) is 62.0 Å². The largest absolute Gasteiger partial charge is 0.465 e. The van der Waals surface area contributed by atoms with Crippen LogP contribution in [0.4, 0.5) is 10.6 Å². The molecule has 1 aromatic carbocycles. The second kappa shape index (κ2) is 12.4. The van der Waals surface area contributed by atoms with Crippen LogP contribution in [0, 0.1) is 0 Å². The maximum Gasteiger partial charge on any atom is 0.410 e. The standard InChI is InChI=1S/C30H41N7O7/c1-6-7-11-42-26-33-23(31)22-24(34-26)37(27(39)32-22)15-20-9-8-19(13-21(20)25(38)41-5)14-35-16-30(17-35)18-36(10-12-43-30)28(40)44-29(2,3)4/h8-9,13H,6-7,10-12,14-18H2,1-5H3,(H,32,39)(H2,31,33,34). The number of likely N-dealkylation sites (tertiary alicyclic amines) is 1. The van der Waals surface area contributed by atoms with Crippen LogP contribution in [0.5, 0.6) is 6.01 Å². The number of aromatic amines is 1. The number of H-pyrrole nitrogens is 1. The highest BCUT2D eigenvalue weighted by atomic mass is 16.6. The number of morpholine rings is 1. The molecule has 2 saturated heterocycles. The predicted octanol–water partition coefficient (Wildman–Crippen LogP) is 2.54. The van der Waals surface area contributed by atoms with Gasteiger partial charge in [0.25, 0.3) is 0 Å². The first-order valence-electron chi connectivity index (χ1n) is 14.8. The summed E-state index contributed by atoms with van der Waals surface area (Å²) in [5.41, 5.74) is 7.05. The third-order valence-corrected chi connectivity index (χ3v) is 7.60. The van der Waals surface area contributed by atoms with Crippen LogP contribution in [0.15, 0.2) is 23.0 Å². The Hall–Kier alpha value is -4.17. The number of nitrogen functional groups attached to an aromatic ring is 1. The quantitative estimate of drug-likeness (QED) is 0.270. The Morgan fingerprint density at radius 1 is 1.16 bits per heavy atom. The SMILES string of the molecule is CCCCOc1nc(N)c2[nH]c(=O)n(Cc3ccc(CN4CC5(C4)CN(C(=O)OC(C)(C)C)CCO5)cc3C(=O)OC)c2n1. The lowest BCUT2D eigenvalue weighted by atomic mass is 9.91. The number of aromatic nitrogens is 4. The van der Waals surface area contributed by atoms with Gasteiger partial charge in [-0.3, -0.25) is 9.47 Å². The van der Waals surface area contributed by atoms with Crippen LogP contribution in [0.25, 0.3) is 11.2 Å². The minimum absolute atomic E-state index is 0.0512. The van der Waals surface area contributed by atoms with Gasteiger partial charge in [-0.2, -0.15) is 9.97 Å². The molecule has 0 unspecified atom stereocenters. The van der Waals surface area contributed by atoms with Gasteiger partial charge in [-0.25, -0.2) is 14.4 Å². The second-order valence-corrected chi connectivity index (χ2v) is 12.4. The monoisotopic (exact) mass is 611 g/mol. The van der Waals surface area contributed by atoms with Crippen LogP contribution in [0.2, 0.25) is 0 Å². The lowest BCUT2D eigenvalue weighted by Gasteiger charge is -2.53. The first-order valence-corrected chi connectivity index (χ1v) is 14.8. The molecule has 0 radical (unpaired) electrons. The molecule has 0 aliphatic carbocycles. The zero-order chi connectivity index (χ0) is 31.6. The van der Waals surface area contributed by atoms with Crippen molar-refractivity contribution in [2.75, 3.05) is 52.2 Å². The van der Waals surface area contributed by atoms with Crippen molar-refractivity contribution >= 4 is 29.0 Å². The molecule has 3 N–H and O–H groups in total. The van der Waals surface area contributed by atoms with Gasteiger partial charge in [0.05, 0.1) is 39.0 Å². The van der Waals surface area contributed by atoms with E-state index in [4.69, 9.17) is 24.7 Å². The molecule has 14 heteroatoms. The summed E-state index contributed by atoms with van der Waals surface area (Å²) in [6, 6.07) is 5.60. The number of nitrogens with zero attached hydrogens (tertiary/aromatic N) is 5. The lowest BCUT2D eigenvalue weighted by Crippen LogP contribution is -2.70. The van der Waals surface area contributed by atoms with E-state index in [1.807, 2.05) is 39.8 Å². The molecule has 0 atom stereocenters. The number of nitrogens with one attached hydrogen (secondary N) is 1. The molecule has 2 fully saturated rings. The summed E-state index contributed by atoms with van der Waals surface area (Å²) in [5.74, 6) is -0.416. The van der Waals surface area contributed by atoms with E-state index in [1.54, 1.807) is 11.0 Å². The van der Waals surface area contributed by atoms with Gasteiger partial charge in [0, 0.05) is 26.2 Å². The molecule has 44 heavy (non-hydrogen) atoms. The number of imidazole rings is 1. The number of carbonyl (C=O) groups excluding carboxylic acids is 2. The number of unbranched alkanes of at least 4 members (excludes halogenated alkanes) is 1. The van der Waals surface area contributed by atoms with E-state index in [1.165, 1.54) is 11.7 Å². The van der Waals surface area contributed by atoms with Crippen molar-refractivity contribution in [3.8, 4) is 6.01 Å². The molecule has 1 spiro atoms. The van der Waals surface area contributed by atoms with E-state index in [0.717, 1.165) is 18.4 Å². The third kappa shape index (κ3) is 6.81. The number of nitrogens with two attached hydrogens (primary N) is 1. The Balaban J connectivity index is 1.31. The lowest BCUT2D eigenvalue weighted by molar-refractivity contribution is -0.182. The number of amides is 1. The maximum atomic E-state index is 12.9. The molecule has 0 bridgehead atoms. The highest BCUT2D eigenvalue weighted by Crippen LogP contribution is 2.31. The van der Waals surface area contributed by atoms with Gasteiger partial charge in [-0.05, 0) is 44.4 Å². The number of fused-ring (bicyclic) bond motifs is 1. The van der Waals surface area contributed by atoms with Gasteiger partial charge in [-0.1, -0.05) is 25.5 Å². The zero-order valence-electron chi connectivity index (χ0n) is 26.0. The summed E-state index contributed by atoms with van der Waals surface area (Å²) in [4.78, 5) is 53.6. The van der Waals surface area contributed by atoms with Gasteiger partial charge in [0.2, 0.25) is 0 Å². The Morgan fingerprint density at radius 2 is 1.93 bits per heavy atom. The van der Waals surface area contributed by atoms with Crippen LogP contribution in [0.3, 0.4) is 0 Å². The van der Waals surface area contributed by atoms with E-state index < -0.39 is 22.9 Å². The molecule has 5 rings (SSSR count). The topological polar surface area (TPSA) is 167 Å². The van der Waals surface area contributed by atoms with Crippen LogP contribution < -0.4 is 16.2 Å². The van der Waals surface area contributed by atoms with Gasteiger partial charge >= 0.3 is 23.8 Å². The van der Waals surface area contributed by atoms with Crippen molar-refractivity contribution in [2.24, 2.45) is 0 Å². The summed E-state index contributed by atoms with van der Waals surface area (Å²) in [6.07, 6.45) is 1.44. The molecular formula is C30H41N7O7. The fraction of sp³-hybridized carbons (Fsp3) is 0.567. The number of carbonyl (C=O) groups is 2. The number of esters is 1. The average molecular weight is 612 g/mol. The predicted molar refractivity (Wildman–Crippen MR) is 162 cm³/mol. The van der Waals surface area contributed by atoms with Gasteiger partial charge in [0.15, 0.2) is 11.5 Å². The first-order chi connectivity index (χ1) is 20.9. The molecule has 14 nitrogen and oxygen atoms in total. The Labute approximate surface area is 255 Å². The third-order valence-electron chi connectivity index (χ3n) is 7.60. The molecule has 238 valence electrons. The molecular weight excluding hydrogens is 570 g/mol. The summed E-state index contributed by atoms with van der Waals surface area (Å²) in [5, 5.41) is 0. The number of benzene rings is 1. The molecule has 2 aliphatic rings. The molecule has 0 saturated carbocycles. The van der Waals surface area contributed by atoms with E-state index in [0.29, 0.717) is 62.6 Å². The van der Waals surface area contributed by atoms with Gasteiger partial charge < -0.3 is 34.6 Å². The highest BCUT2D eigenvalue weighted by Gasteiger charge is 2.48. The minimum atomic E-state index is -0.563. The number of rotatable bonds is 9. The first kappa shape index (κ1) is 31.3. The van der Waals surface area contributed by atoms with Crippen LogP contribution >= 0.6 is 0 Å². The fourth-order valence-corrected chi connectivity index (χ4v) is 5.54. The molecule has 1 amide bonds. The summed E-state index contributed by atoms with van der Waals surface area (Å²) in [6.45, 7) is 11.3. The van der Waals surface area contributed by atoms with Crippen molar-refractivity contribution < 1.29 is 28.5 Å². The Kier molecular flexibility index (Phi) is 8.84. The van der Waals surface area contributed by atoms with E-state index in [9.17, 15) is 14.4 Å². The molecule has 2 aliphatic heterocycles. The Morgan fingerprint density at radius 3 is 2.64 bits per heavy atom. The highest BCUT2D eigenvalue weighted by molar-refractivity contribution is 5.91. The number of methoxy groups -OCH3 is 1. The molecule has 4 heterocycles. The van der Waals surface area contributed by atoms with Crippen LogP contribution in [-0.2, 0) is 27.3 Å². The smallest absolute Gasteiger partial charge is 0.410 e. The minimum Gasteiger partial charge on any atom is -0.465 e. The zero-order valence-corrected chi connectivity index (χ0v) is 26.0. The second-order valence-electron chi connectivity index (χ2n) is 12.4. The number of ether oxygens (including phenoxy) is 4. The summed E-state index contributed by atoms with van der Waals surface area (Å²) < 4.78 is 23.8. The molecule has 2 aromatic heterocycles. The number of hydrogen-bond acceptors (Lipinski definition) is 11. The summed E-state index contributed by atoms with van der Waals surface area (Å²) in [7, 11) is 1.32. The molecule has 3 aromatic rings. The average Bonchev–Trinajstić information content (AvgIpc) is 3.27. The van der Waals surface area contributed by atoms with E-state index in [-0.39, 0.29) is 30.1 Å². The fourth-order valence-electron chi connectivity index (χ4n) is 5.54. The van der Waals surface area contributed by atoms with E-state index >= 15 is 0 Å². The number of hydrogen-bond donors (Lipinski definition) is 2. The van der Waals surface area contributed by atoms with Crippen molar-refractivity contribution in [1.29, 1.82) is 0 Å². The number of anilines is 1. The van der Waals surface area contributed by atoms with Gasteiger partial charge in [-0.15, -0.1) is 0 Å². The van der Waals surface area contributed by atoms with Crippen molar-refractivity contribution in [2.45, 2.75) is 64.8 Å². The maximum absolute atomic E-state index is 12.9. The van der Waals surface area contributed by atoms with Crippen molar-refractivity contribution in [3.05, 3.63) is 45.4 Å². The van der Waals surface area contributed by atoms with Crippen LogP contribution in [-0.4, -0.2) is 99.1 Å². The van der Waals surface area contributed by atoms with Crippen molar-refractivity contribution in [3.63, 3.8) is 0 Å². The Bertz CT molecular complexity index is 1590. The van der Waals surface area contributed by atoms with E-state index in [2.05, 4.69) is 19.9 Å². The van der Waals surface area contributed by atoms with Gasteiger partial charge in [0.1, 0.15) is 16.7 Å². The van der Waals surface area contributed by atoms with Crippen molar-refractivity contribution in [1.82, 2.24) is 29.3 Å². The normalized spacial score (nSPS) is 16.6.